The second kappa shape index (κ2) is 11.1. The molecule has 1 N–H and O–H groups in total. The fourth-order valence-electron chi connectivity index (χ4n) is 3.62. The van der Waals surface area contributed by atoms with Crippen LogP contribution in [0.2, 0.25) is 5.02 Å². The standard InChI is InChI=1S/C27H22ClFN2O6/c1-3-36-20-10-8-19(9-11-20)31-26(33)21(25(32)30-27(31)34)12-17-13-22(28)24(23(14-17)35-2)37-15-16-4-6-18(29)7-5-16/h4-14H,3,15H2,1-2H3,(H,30,32,34)/b21-12+. The van der Waals surface area contributed by atoms with Crippen molar-refractivity contribution in [2.24, 2.45) is 0 Å². The number of nitrogens with zero attached hydrogens (tertiary/aromatic N) is 1. The summed E-state index contributed by atoms with van der Waals surface area (Å²) in [5.41, 5.74) is 1.08. The van der Waals surface area contributed by atoms with Crippen LogP contribution in [0.4, 0.5) is 14.9 Å². The fraction of sp³-hybridized carbons (Fsp3) is 0.148. The van der Waals surface area contributed by atoms with Gasteiger partial charge in [-0.3, -0.25) is 14.9 Å². The highest BCUT2D eigenvalue weighted by Gasteiger charge is 2.37. The van der Waals surface area contributed by atoms with Crippen molar-refractivity contribution in [1.29, 1.82) is 0 Å². The van der Waals surface area contributed by atoms with Gasteiger partial charge in [-0.15, -0.1) is 0 Å². The van der Waals surface area contributed by atoms with Gasteiger partial charge < -0.3 is 14.2 Å². The first-order valence-corrected chi connectivity index (χ1v) is 11.6. The molecular formula is C27H22ClFN2O6. The highest BCUT2D eigenvalue weighted by molar-refractivity contribution is 6.39. The van der Waals surface area contributed by atoms with Crippen LogP contribution in [0, 0.1) is 5.82 Å². The highest BCUT2D eigenvalue weighted by atomic mass is 35.5. The second-order valence-electron chi connectivity index (χ2n) is 7.83. The van der Waals surface area contributed by atoms with Crippen molar-refractivity contribution in [1.82, 2.24) is 5.32 Å². The van der Waals surface area contributed by atoms with Crippen molar-refractivity contribution in [2.75, 3.05) is 18.6 Å². The summed E-state index contributed by atoms with van der Waals surface area (Å²) in [5.74, 6) is -0.938. The maximum atomic E-state index is 13.2. The smallest absolute Gasteiger partial charge is 0.335 e. The van der Waals surface area contributed by atoms with E-state index >= 15 is 0 Å². The van der Waals surface area contributed by atoms with Crippen molar-refractivity contribution in [3.63, 3.8) is 0 Å². The van der Waals surface area contributed by atoms with Crippen LogP contribution in [-0.2, 0) is 16.2 Å². The topological polar surface area (TPSA) is 94.2 Å². The second-order valence-corrected chi connectivity index (χ2v) is 8.24. The van der Waals surface area contributed by atoms with Gasteiger partial charge in [-0.25, -0.2) is 14.1 Å². The van der Waals surface area contributed by atoms with Gasteiger partial charge in [0.05, 0.1) is 24.4 Å². The minimum atomic E-state index is -0.864. The lowest BCUT2D eigenvalue weighted by atomic mass is 10.1. The summed E-state index contributed by atoms with van der Waals surface area (Å²) in [5, 5.41) is 2.34. The van der Waals surface area contributed by atoms with Crippen molar-refractivity contribution < 1.29 is 33.0 Å². The van der Waals surface area contributed by atoms with E-state index in [0.717, 1.165) is 4.90 Å². The summed E-state index contributed by atoms with van der Waals surface area (Å²) < 4.78 is 29.7. The predicted molar refractivity (Wildman–Crippen MR) is 135 cm³/mol. The van der Waals surface area contributed by atoms with Gasteiger partial charge in [0, 0.05) is 0 Å². The molecule has 8 nitrogen and oxygen atoms in total. The molecule has 0 radical (unpaired) electrons. The Morgan fingerprint density at radius 1 is 1.00 bits per heavy atom. The molecule has 10 heteroatoms. The number of methoxy groups -OCH3 is 1. The van der Waals surface area contributed by atoms with E-state index in [1.54, 1.807) is 36.4 Å². The average Bonchev–Trinajstić information content (AvgIpc) is 2.87. The van der Waals surface area contributed by atoms with Crippen molar-refractivity contribution in [3.8, 4) is 17.2 Å². The first kappa shape index (κ1) is 25.7. The largest absolute Gasteiger partial charge is 0.494 e. The Kier molecular flexibility index (Phi) is 7.74. The van der Waals surface area contributed by atoms with Gasteiger partial charge in [0.15, 0.2) is 11.5 Å². The number of hydrogen-bond donors (Lipinski definition) is 1. The van der Waals surface area contributed by atoms with E-state index in [1.807, 2.05) is 6.92 Å². The van der Waals surface area contributed by atoms with Crippen LogP contribution in [0.5, 0.6) is 17.2 Å². The van der Waals surface area contributed by atoms with E-state index in [2.05, 4.69) is 5.32 Å². The Morgan fingerprint density at radius 2 is 1.70 bits per heavy atom. The Morgan fingerprint density at radius 3 is 2.35 bits per heavy atom. The maximum absolute atomic E-state index is 13.2. The number of barbiturate groups is 1. The maximum Gasteiger partial charge on any atom is 0.335 e. The summed E-state index contributed by atoms with van der Waals surface area (Å²) in [6.07, 6.45) is 1.31. The molecule has 1 saturated heterocycles. The molecule has 1 aliphatic heterocycles. The molecule has 0 saturated carbocycles. The third-order valence-electron chi connectivity index (χ3n) is 5.37. The average molecular weight is 525 g/mol. The number of nitrogens with one attached hydrogen (secondary N) is 1. The number of urea groups is 1. The molecule has 3 aromatic rings. The number of amides is 4. The number of carbonyl (C=O) groups excluding carboxylic acids is 3. The lowest BCUT2D eigenvalue weighted by molar-refractivity contribution is -0.122. The number of halogens is 2. The molecule has 0 spiro atoms. The zero-order chi connectivity index (χ0) is 26.5. The zero-order valence-electron chi connectivity index (χ0n) is 19.9. The molecule has 0 aliphatic carbocycles. The predicted octanol–water partition coefficient (Wildman–Crippen LogP) is 5.13. The van der Waals surface area contributed by atoms with Crippen molar-refractivity contribution in [2.45, 2.75) is 13.5 Å². The van der Waals surface area contributed by atoms with Gasteiger partial charge in [-0.1, -0.05) is 23.7 Å². The lowest BCUT2D eigenvalue weighted by Crippen LogP contribution is -2.54. The number of imide groups is 2. The molecule has 1 aliphatic rings. The number of hydrogen-bond acceptors (Lipinski definition) is 6. The molecule has 0 atom stereocenters. The quantitative estimate of drug-likeness (QED) is 0.324. The van der Waals surface area contributed by atoms with Gasteiger partial charge >= 0.3 is 6.03 Å². The number of rotatable bonds is 8. The van der Waals surface area contributed by atoms with Crippen LogP contribution >= 0.6 is 11.6 Å². The van der Waals surface area contributed by atoms with Crippen LogP contribution < -0.4 is 24.4 Å². The number of ether oxygens (including phenoxy) is 3. The Hall–Kier alpha value is -4.37. The molecule has 37 heavy (non-hydrogen) atoms. The molecule has 190 valence electrons. The lowest BCUT2D eigenvalue weighted by Gasteiger charge is -2.26. The van der Waals surface area contributed by atoms with Crippen LogP contribution in [0.3, 0.4) is 0 Å². The minimum absolute atomic E-state index is 0.108. The van der Waals surface area contributed by atoms with Crippen LogP contribution in [0.25, 0.3) is 6.08 Å². The fourth-order valence-corrected chi connectivity index (χ4v) is 3.89. The molecule has 0 bridgehead atoms. The van der Waals surface area contributed by atoms with Gasteiger partial charge in [0.25, 0.3) is 11.8 Å². The van der Waals surface area contributed by atoms with E-state index in [4.69, 9.17) is 25.8 Å². The molecule has 0 aromatic heterocycles. The summed E-state index contributed by atoms with van der Waals surface area (Å²) >= 11 is 6.43. The molecule has 1 fully saturated rings. The van der Waals surface area contributed by atoms with Gasteiger partial charge in [-0.2, -0.15) is 0 Å². The Balaban J connectivity index is 1.61. The number of carbonyl (C=O) groups is 3. The zero-order valence-corrected chi connectivity index (χ0v) is 20.7. The summed E-state index contributed by atoms with van der Waals surface area (Å²) in [4.78, 5) is 39.1. The first-order chi connectivity index (χ1) is 17.8. The van der Waals surface area contributed by atoms with E-state index < -0.39 is 17.8 Å². The van der Waals surface area contributed by atoms with Gasteiger partial charge in [0.1, 0.15) is 23.7 Å². The summed E-state index contributed by atoms with van der Waals surface area (Å²) in [6.45, 7) is 2.41. The van der Waals surface area contributed by atoms with Crippen LogP contribution in [0.1, 0.15) is 18.1 Å². The summed E-state index contributed by atoms with van der Waals surface area (Å²) in [7, 11) is 1.41. The Bertz CT molecular complexity index is 1370. The van der Waals surface area contributed by atoms with Crippen molar-refractivity contribution >= 4 is 41.2 Å². The number of benzene rings is 3. The van der Waals surface area contributed by atoms with Crippen LogP contribution in [-0.4, -0.2) is 31.6 Å². The van der Waals surface area contributed by atoms with Gasteiger partial charge in [-0.05, 0) is 72.7 Å². The molecule has 1 heterocycles. The van der Waals surface area contributed by atoms with E-state index in [9.17, 15) is 18.8 Å². The first-order valence-electron chi connectivity index (χ1n) is 11.2. The highest BCUT2D eigenvalue weighted by Crippen LogP contribution is 2.38. The minimum Gasteiger partial charge on any atom is -0.494 e. The van der Waals surface area contributed by atoms with E-state index in [0.29, 0.717) is 23.5 Å². The van der Waals surface area contributed by atoms with E-state index in [-0.39, 0.29) is 40.2 Å². The van der Waals surface area contributed by atoms with Crippen molar-refractivity contribution in [3.05, 3.63) is 88.2 Å². The van der Waals surface area contributed by atoms with Crippen LogP contribution in [0.15, 0.2) is 66.2 Å². The van der Waals surface area contributed by atoms with Gasteiger partial charge in [0.2, 0.25) is 0 Å². The monoisotopic (exact) mass is 524 g/mol. The molecular weight excluding hydrogens is 503 g/mol. The van der Waals surface area contributed by atoms with E-state index in [1.165, 1.54) is 37.5 Å². The molecule has 4 amide bonds. The SMILES string of the molecule is CCOc1ccc(N2C(=O)NC(=O)/C(=C\c3cc(Cl)c(OCc4ccc(F)cc4)c(OC)c3)C2=O)cc1. The third kappa shape index (κ3) is 5.73. The Labute approximate surface area is 217 Å². The molecule has 4 rings (SSSR count). The molecule has 0 unspecified atom stereocenters. The normalized spacial score (nSPS) is 14.5. The number of anilines is 1. The third-order valence-corrected chi connectivity index (χ3v) is 5.65. The summed E-state index contributed by atoms with van der Waals surface area (Å²) in [6, 6.07) is 14.3. The molecule has 3 aromatic carbocycles.